The van der Waals surface area contributed by atoms with E-state index in [0.29, 0.717) is 32.5 Å². The van der Waals surface area contributed by atoms with E-state index in [1.807, 2.05) is 4.90 Å². The standard InChI is InChI=1S/C14H23F3N2O3/c15-14(16,17)9-22-8-7-19-5-3-10(4-6-19)12(20)13(21)18-11-1-2-11/h10-12,20H,1-9H2,(H,18,21)/t12-/m1/s1. The average molecular weight is 324 g/mol. The molecule has 0 unspecified atom stereocenters. The zero-order chi connectivity index (χ0) is 16.2. The molecule has 0 aromatic rings. The zero-order valence-corrected chi connectivity index (χ0v) is 12.4. The van der Waals surface area contributed by atoms with Gasteiger partial charge in [-0.1, -0.05) is 0 Å². The molecule has 1 amide bonds. The van der Waals surface area contributed by atoms with Gasteiger partial charge in [-0.25, -0.2) is 0 Å². The maximum atomic E-state index is 11.9. The Morgan fingerprint density at radius 2 is 1.91 bits per heavy atom. The molecule has 1 saturated carbocycles. The SMILES string of the molecule is O=C(NC1CC1)[C@H](O)C1CCN(CCOCC(F)(F)F)CC1. The van der Waals surface area contributed by atoms with Gasteiger partial charge in [0.2, 0.25) is 5.91 Å². The van der Waals surface area contributed by atoms with Gasteiger partial charge in [0, 0.05) is 12.6 Å². The van der Waals surface area contributed by atoms with Crippen LogP contribution in [0.4, 0.5) is 13.2 Å². The van der Waals surface area contributed by atoms with E-state index in [4.69, 9.17) is 0 Å². The largest absolute Gasteiger partial charge is 0.411 e. The molecule has 0 aromatic carbocycles. The fourth-order valence-electron chi connectivity index (χ4n) is 2.60. The van der Waals surface area contributed by atoms with Gasteiger partial charge in [-0.15, -0.1) is 0 Å². The summed E-state index contributed by atoms with van der Waals surface area (Å²) in [4.78, 5) is 13.8. The number of piperidine rings is 1. The van der Waals surface area contributed by atoms with Crippen molar-refractivity contribution in [3.8, 4) is 0 Å². The number of aliphatic hydroxyl groups excluding tert-OH is 1. The second-order valence-electron chi connectivity index (χ2n) is 6.07. The van der Waals surface area contributed by atoms with Crippen LogP contribution in [0.3, 0.4) is 0 Å². The van der Waals surface area contributed by atoms with E-state index in [1.165, 1.54) is 0 Å². The van der Waals surface area contributed by atoms with Gasteiger partial charge in [0.1, 0.15) is 12.7 Å². The minimum absolute atomic E-state index is 0.0366. The molecule has 1 aliphatic heterocycles. The topological polar surface area (TPSA) is 61.8 Å². The first-order chi connectivity index (χ1) is 10.3. The zero-order valence-electron chi connectivity index (χ0n) is 12.4. The Bertz CT molecular complexity index is 367. The van der Waals surface area contributed by atoms with Crippen LogP contribution in [0.2, 0.25) is 0 Å². The van der Waals surface area contributed by atoms with Crippen LogP contribution in [0, 0.1) is 5.92 Å². The number of halogens is 3. The van der Waals surface area contributed by atoms with Crippen LogP contribution in [0.25, 0.3) is 0 Å². The molecule has 2 rings (SSSR count). The predicted octanol–water partition coefficient (Wildman–Crippen LogP) is 0.917. The normalized spacial score (nSPS) is 22.5. The lowest BCUT2D eigenvalue weighted by Gasteiger charge is -2.33. The number of rotatable bonds is 7. The Hall–Kier alpha value is -0.860. The van der Waals surface area contributed by atoms with Crippen LogP contribution in [0.5, 0.6) is 0 Å². The molecule has 0 radical (unpaired) electrons. The third-order valence-corrected chi connectivity index (χ3v) is 4.09. The number of aliphatic hydroxyl groups is 1. The molecule has 2 fully saturated rings. The summed E-state index contributed by atoms with van der Waals surface area (Å²) in [6.07, 6.45) is -1.98. The highest BCUT2D eigenvalue weighted by atomic mass is 19.4. The molecule has 0 aromatic heterocycles. The summed E-state index contributed by atoms with van der Waals surface area (Å²) in [5, 5.41) is 12.8. The number of carbonyl (C=O) groups excluding carboxylic acids is 1. The third-order valence-electron chi connectivity index (χ3n) is 4.09. The van der Waals surface area contributed by atoms with Crippen LogP contribution in [0.1, 0.15) is 25.7 Å². The number of carbonyl (C=O) groups is 1. The smallest absolute Gasteiger partial charge is 0.383 e. The highest BCUT2D eigenvalue weighted by Gasteiger charge is 2.33. The summed E-state index contributed by atoms with van der Waals surface area (Å²) in [7, 11) is 0. The maximum absolute atomic E-state index is 11.9. The Morgan fingerprint density at radius 3 is 2.45 bits per heavy atom. The molecule has 22 heavy (non-hydrogen) atoms. The van der Waals surface area contributed by atoms with Crippen molar-refractivity contribution in [2.75, 3.05) is 32.8 Å². The van der Waals surface area contributed by atoms with Crippen molar-refractivity contribution in [2.24, 2.45) is 5.92 Å². The number of amides is 1. The number of hydrogen-bond donors (Lipinski definition) is 2. The molecule has 8 heteroatoms. The van der Waals surface area contributed by atoms with Crippen molar-refractivity contribution in [1.29, 1.82) is 0 Å². The van der Waals surface area contributed by atoms with Crippen LogP contribution in [0.15, 0.2) is 0 Å². The summed E-state index contributed by atoms with van der Waals surface area (Å²) in [6.45, 7) is 0.577. The number of likely N-dealkylation sites (tertiary alicyclic amines) is 1. The van der Waals surface area contributed by atoms with Crippen LogP contribution < -0.4 is 5.32 Å². The molecule has 0 spiro atoms. The second-order valence-corrected chi connectivity index (χ2v) is 6.07. The molecule has 2 aliphatic rings. The lowest BCUT2D eigenvalue weighted by molar-refractivity contribution is -0.174. The minimum Gasteiger partial charge on any atom is -0.383 e. The molecule has 2 N–H and O–H groups in total. The van der Waals surface area contributed by atoms with E-state index in [2.05, 4.69) is 10.1 Å². The molecular formula is C14H23F3N2O3. The van der Waals surface area contributed by atoms with Crippen LogP contribution >= 0.6 is 0 Å². The van der Waals surface area contributed by atoms with E-state index in [9.17, 15) is 23.1 Å². The molecule has 1 aliphatic carbocycles. The highest BCUT2D eigenvalue weighted by Crippen LogP contribution is 2.23. The first-order valence-corrected chi connectivity index (χ1v) is 7.70. The van der Waals surface area contributed by atoms with Gasteiger partial charge >= 0.3 is 6.18 Å². The monoisotopic (exact) mass is 324 g/mol. The predicted molar refractivity (Wildman–Crippen MR) is 73.2 cm³/mol. The van der Waals surface area contributed by atoms with Gasteiger partial charge in [-0.05, 0) is 44.7 Å². The van der Waals surface area contributed by atoms with Crippen molar-refractivity contribution >= 4 is 5.91 Å². The number of nitrogens with one attached hydrogen (secondary N) is 1. The fraction of sp³-hybridized carbons (Fsp3) is 0.929. The summed E-state index contributed by atoms with van der Waals surface area (Å²) in [6, 6.07) is 0.230. The maximum Gasteiger partial charge on any atom is 0.411 e. The number of ether oxygens (including phenoxy) is 1. The van der Waals surface area contributed by atoms with E-state index in [-0.39, 0.29) is 24.5 Å². The molecule has 0 bridgehead atoms. The van der Waals surface area contributed by atoms with Crippen molar-refractivity contribution in [2.45, 2.75) is 44.0 Å². The molecular weight excluding hydrogens is 301 g/mol. The molecule has 5 nitrogen and oxygen atoms in total. The molecule has 1 heterocycles. The minimum atomic E-state index is -4.29. The van der Waals surface area contributed by atoms with E-state index in [0.717, 1.165) is 12.8 Å². The van der Waals surface area contributed by atoms with Crippen LogP contribution in [-0.2, 0) is 9.53 Å². The Kier molecular flexibility index (Phi) is 6.05. The number of hydrogen-bond acceptors (Lipinski definition) is 4. The highest BCUT2D eigenvalue weighted by molar-refractivity contribution is 5.81. The third kappa shape index (κ3) is 6.10. The number of nitrogens with zero attached hydrogens (tertiary/aromatic N) is 1. The summed E-state index contributed by atoms with van der Waals surface area (Å²) >= 11 is 0. The molecule has 1 saturated heterocycles. The Balaban J connectivity index is 1.59. The van der Waals surface area contributed by atoms with E-state index in [1.54, 1.807) is 0 Å². The van der Waals surface area contributed by atoms with Gasteiger partial charge in [0.25, 0.3) is 0 Å². The fourth-order valence-corrected chi connectivity index (χ4v) is 2.60. The first-order valence-electron chi connectivity index (χ1n) is 7.70. The lowest BCUT2D eigenvalue weighted by Crippen LogP contribution is -2.45. The van der Waals surface area contributed by atoms with Gasteiger partial charge in [0.05, 0.1) is 6.61 Å². The first kappa shape index (κ1) is 17.5. The lowest BCUT2D eigenvalue weighted by atomic mass is 9.90. The van der Waals surface area contributed by atoms with Crippen molar-refractivity contribution in [3.63, 3.8) is 0 Å². The van der Waals surface area contributed by atoms with Crippen molar-refractivity contribution < 1.29 is 27.8 Å². The second kappa shape index (κ2) is 7.61. The van der Waals surface area contributed by atoms with Gasteiger partial charge in [-0.3, -0.25) is 4.79 Å². The molecule has 1 atom stereocenters. The summed E-state index contributed by atoms with van der Waals surface area (Å²) in [5.74, 6) is -0.374. The number of alkyl halides is 3. The van der Waals surface area contributed by atoms with Gasteiger partial charge < -0.3 is 20.1 Å². The quantitative estimate of drug-likeness (QED) is 0.684. The Labute approximate surface area is 127 Å². The summed E-state index contributed by atoms with van der Waals surface area (Å²) in [5.41, 5.74) is 0. The average Bonchev–Trinajstić information content (AvgIpc) is 3.26. The Morgan fingerprint density at radius 1 is 1.27 bits per heavy atom. The molecule has 128 valence electrons. The van der Waals surface area contributed by atoms with Gasteiger partial charge in [-0.2, -0.15) is 13.2 Å². The van der Waals surface area contributed by atoms with Crippen molar-refractivity contribution in [1.82, 2.24) is 10.2 Å². The van der Waals surface area contributed by atoms with E-state index >= 15 is 0 Å². The van der Waals surface area contributed by atoms with Crippen molar-refractivity contribution in [3.05, 3.63) is 0 Å². The summed E-state index contributed by atoms with van der Waals surface area (Å²) < 4.78 is 40.4. The van der Waals surface area contributed by atoms with E-state index < -0.39 is 18.9 Å². The van der Waals surface area contributed by atoms with Gasteiger partial charge in [0.15, 0.2) is 0 Å². The van der Waals surface area contributed by atoms with Crippen LogP contribution in [-0.4, -0.2) is 67.1 Å².